The van der Waals surface area contributed by atoms with Crippen LogP contribution in [0.1, 0.15) is 35.8 Å². The van der Waals surface area contributed by atoms with Crippen molar-refractivity contribution in [2.75, 3.05) is 26.7 Å². The van der Waals surface area contributed by atoms with Gasteiger partial charge in [0.05, 0.1) is 18.7 Å². The highest BCUT2D eigenvalue weighted by atomic mass is 16.6. The Balaban J connectivity index is 1.83. The van der Waals surface area contributed by atoms with Gasteiger partial charge in [0.2, 0.25) is 5.56 Å². The van der Waals surface area contributed by atoms with Crippen LogP contribution in [0.25, 0.3) is 0 Å². The summed E-state index contributed by atoms with van der Waals surface area (Å²) in [6, 6.07) is 2.95. The second-order valence-corrected chi connectivity index (χ2v) is 6.31. The molecule has 1 unspecified atom stereocenters. The van der Waals surface area contributed by atoms with Crippen molar-refractivity contribution in [1.82, 2.24) is 14.8 Å². The molecule has 7 nitrogen and oxygen atoms in total. The standard InChI is InChI=1S/C16H21N3O4/c1-3-12-11(5-6-13(20)17-12)14(21)19-8-4-7-16(10-19)9-18(2)15(22)23-16/h5-6H,3-4,7-10H2,1-2H3,(H,17,20). The Kier molecular flexibility index (Phi) is 3.87. The van der Waals surface area contributed by atoms with Crippen LogP contribution in [0.2, 0.25) is 0 Å². The van der Waals surface area contributed by atoms with Gasteiger partial charge in [0.1, 0.15) is 5.60 Å². The number of hydrogen-bond acceptors (Lipinski definition) is 4. The maximum absolute atomic E-state index is 12.8. The minimum atomic E-state index is -0.603. The van der Waals surface area contributed by atoms with Crippen molar-refractivity contribution in [3.05, 3.63) is 33.7 Å². The van der Waals surface area contributed by atoms with E-state index in [0.717, 1.165) is 12.8 Å². The van der Waals surface area contributed by atoms with Gasteiger partial charge in [-0.1, -0.05) is 6.92 Å². The molecule has 124 valence electrons. The lowest BCUT2D eigenvalue weighted by Gasteiger charge is -2.38. The molecule has 2 aliphatic heterocycles. The number of pyridine rings is 1. The highest BCUT2D eigenvalue weighted by molar-refractivity contribution is 5.95. The van der Waals surface area contributed by atoms with Crippen molar-refractivity contribution < 1.29 is 14.3 Å². The van der Waals surface area contributed by atoms with Gasteiger partial charge in [-0.25, -0.2) is 4.79 Å². The number of amides is 2. The molecular weight excluding hydrogens is 298 g/mol. The molecule has 3 heterocycles. The summed E-state index contributed by atoms with van der Waals surface area (Å²) in [5.41, 5.74) is 0.346. The van der Waals surface area contributed by atoms with Crippen LogP contribution in [0.3, 0.4) is 0 Å². The fourth-order valence-electron chi connectivity index (χ4n) is 3.44. The van der Waals surface area contributed by atoms with Gasteiger partial charge in [0.25, 0.3) is 5.91 Å². The Morgan fingerprint density at radius 3 is 2.78 bits per heavy atom. The van der Waals surface area contributed by atoms with E-state index in [1.807, 2.05) is 6.92 Å². The smallest absolute Gasteiger partial charge is 0.410 e. The minimum Gasteiger partial charge on any atom is -0.439 e. The minimum absolute atomic E-state index is 0.122. The van der Waals surface area contributed by atoms with Crippen molar-refractivity contribution in [3.8, 4) is 0 Å². The highest BCUT2D eigenvalue weighted by Crippen LogP contribution is 2.32. The molecule has 1 spiro atoms. The Morgan fingerprint density at radius 2 is 2.13 bits per heavy atom. The maximum atomic E-state index is 12.8. The van der Waals surface area contributed by atoms with Crippen molar-refractivity contribution in [2.45, 2.75) is 31.8 Å². The number of carbonyl (C=O) groups is 2. The first-order chi connectivity index (χ1) is 10.9. The molecule has 2 amide bonds. The van der Waals surface area contributed by atoms with Crippen LogP contribution < -0.4 is 5.56 Å². The summed E-state index contributed by atoms with van der Waals surface area (Å²) in [6.07, 6.45) is 1.79. The predicted molar refractivity (Wildman–Crippen MR) is 83.4 cm³/mol. The van der Waals surface area contributed by atoms with E-state index in [9.17, 15) is 14.4 Å². The third-order valence-electron chi connectivity index (χ3n) is 4.55. The molecule has 0 bridgehead atoms. The normalized spacial score (nSPS) is 24.2. The Morgan fingerprint density at radius 1 is 1.35 bits per heavy atom. The molecule has 0 aliphatic carbocycles. The second kappa shape index (κ2) is 5.72. The van der Waals surface area contributed by atoms with Crippen LogP contribution >= 0.6 is 0 Å². The molecule has 0 saturated carbocycles. The van der Waals surface area contributed by atoms with Crippen LogP contribution in [0, 0.1) is 0 Å². The van der Waals surface area contributed by atoms with E-state index < -0.39 is 5.60 Å². The van der Waals surface area contributed by atoms with E-state index in [0.29, 0.717) is 37.3 Å². The third-order valence-corrected chi connectivity index (χ3v) is 4.55. The summed E-state index contributed by atoms with van der Waals surface area (Å²) in [7, 11) is 1.70. The fourth-order valence-corrected chi connectivity index (χ4v) is 3.44. The van der Waals surface area contributed by atoms with Gasteiger partial charge in [-0.05, 0) is 25.3 Å². The molecule has 1 atom stereocenters. The quantitative estimate of drug-likeness (QED) is 0.881. The number of nitrogens with zero attached hydrogens (tertiary/aromatic N) is 2. The lowest BCUT2D eigenvalue weighted by molar-refractivity contribution is -0.00527. The highest BCUT2D eigenvalue weighted by Gasteiger charge is 2.47. The number of rotatable bonds is 2. The van der Waals surface area contributed by atoms with Gasteiger partial charge in [-0.2, -0.15) is 0 Å². The van der Waals surface area contributed by atoms with E-state index in [1.165, 1.54) is 6.07 Å². The first-order valence-electron chi connectivity index (χ1n) is 7.90. The molecule has 23 heavy (non-hydrogen) atoms. The number of likely N-dealkylation sites (N-methyl/N-ethyl adjacent to an activating group) is 1. The molecule has 3 rings (SSSR count). The van der Waals surface area contributed by atoms with Crippen molar-refractivity contribution in [2.24, 2.45) is 0 Å². The van der Waals surface area contributed by atoms with Gasteiger partial charge in [-0.3, -0.25) is 9.59 Å². The van der Waals surface area contributed by atoms with Crippen molar-refractivity contribution >= 4 is 12.0 Å². The van der Waals surface area contributed by atoms with Crippen molar-refractivity contribution in [1.29, 1.82) is 0 Å². The zero-order valence-electron chi connectivity index (χ0n) is 13.4. The SMILES string of the molecule is CCc1[nH]c(=O)ccc1C(=O)N1CCCC2(CN(C)C(=O)O2)C1. The van der Waals surface area contributed by atoms with E-state index in [4.69, 9.17) is 4.74 Å². The average molecular weight is 319 g/mol. The lowest BCUT2D eigenvalue weighted by Crippen LogP contribution is -2.52. The van der Waals surface area contributed by atoms with Crippen LogP contribution in [-0.4, -0.2) is 59.1 Å². The first-order valence-corrected chi connectivity index (χ1v) is 7.90. The Labute approximate surface area is 134 Å². The second-order valence-electron chi connectivity index (χ2n) is 6.31. The number of H-pyrrole nitrogens is 1. The van der Waals surface area contributed by atoms with Crippen molar-refractivity contribution in [3.63, 3.8) is 0 Å². The molecule has 0 radical (unpaired) electrons. The molecule has 2 aliphatic rings. The zero-order chi connectivity index (χ0) is 16.6. The molecule has 2 saturated heterocycles. The third kappa shape index (κ3) is 2.83. The monoisotopic (exact) mass is 319 g/mol. The van der Waals surface area contributed by atoms with E-state index in [-0.39, 0.29) is 17.6 Å². The summed E-state index contributed by atoms with van der Waals surface area (Å²) in [6.45, 7) is 3.42. The molecule has 1 aromatic rings. The molecule has 0 aromatic carbocycles. The van der Waals surface area contributed by atoms with Gasteiger partial charge in [-0.15, -0.1) is 0 Å². The Bertz CT molecular complexity index is 699. The van der Waals surface area contributed by atoms with Gasteiger partial charge >= 0.3 is 6.09 Å². The van der Waals surface area contributed by atoms with Gasteiger partial charge in [0.15, 0.2) is 0 Å². The number of hydrogen-bond donors (Lipinski definition) is 1. The number of nitrogens with one attached hydrogen (secondary N) is 1. The Hall–Kier alpha value is -2.31. The summed E-state index contributed by atoms with van der Waals surface area (Å²) in [5.74, 6) is -0.122. The molecule has 1 aromatic heterocycles. The van der Waals surface area contributed by atoms with E-state index in [2.05, 4.69) is 4.98 Å². The average Bonchev–Trinajstić information content (AvgIpc) is 2.80. The topological polar surface area (TPSA) is 82.7 Å². The molecule has 1 N–H and O–H groups in total. The predicted octanol–water partition coefficient (Wildman–Crippen LogP) is 0.994. The number of piperidine rings is 1. The zero-order valence-corrected chi connectivity index (χ0v) is 13.4. The number of carbonyl (C=O) groups excluding carboxylic acids is 2. The lowest BCUT2D eigenvalue weighted by atomic mass is 9.92. The first kappa shape index (κ1) is 15.6. The largest absolute Gasteiger partial charge is 0.439 e. The summed E-state index contributed by atoms with van der Waals surface area (Å²) >= 11 is 0. The summed E-state index contributed by atoms with van der Waals surface area (Å²) < 4.78 is 5.53. The van der Waals surface area contributed by atoms with Crippen LogP contribution in [-0.2, 0) is 11.2 Å². The molecule has 2 fully saturated rings. The number of likely N-dealkylation sites (tertiary alicyclic amines) is 1. The van der Waals surface area contributed by atoms with Crippen LogP contribution in [0.5, 0.6) is 0 Å². The van der Waals surface area contributed by atoms with Crippen LogP contribution in [0.4, 0.5) is 4.79 Å². The number of aromatic amines is 1. The maximum Gasteiger partial charge on any atom is 0.410 e. The fraction of sp³-hybridized carbons (Fsp3) is 0.562. The van der Waals surface area contributed by atoms with E-state index in [1.54, 1.807) is 22.9 Å². The van der Waals surface area contributed by atoms with Gasteiger partial charge < -0.3 is 19.5 Å². The number of aryl methyl sites for hydroxylation is 1. The number of aromatic nitrogens is 1. The molecule has 7 heteroatoms. The van der Waals surface area contributed by atoms with Gasteiger partial charge in [0, 0.05) is 25.4 Å². The molecular formula is C16H21N3O4. The summed E-state index contributed by atoms with van der Waals surface area (Å²) in [4.78, 5) is 42.0. The van der Waals surface area contributed by atoms with E-state index >= 15 is 0 Å². The van der Waals surface area contributed by atoms with Crippen LogP contribution in [0.15, 0.2) is 16.9 Å². The number of ether oxygens (including phenoxy) is 1. The summed E-state index contributed by atoms with van der Waals surface area (Å²) in [5, 5.41) is 0.